The first-order valence-electron chi connectivity index (χ1n) is 9.34. The van der Waals surface area contributed by atoms with E-state index >= 15 is 0 Å². The summed E-state index contributed by atoms with van der Waals surface area (Å²) < 4.78 is 1.35. The van der Waals surface area contributed by atoms with Crippen molar-refractivity contribution in [3.8, 4) is 0 Å². The average Bonchev–Trinajstić information content (AvgIpc) is 3.19. The van der Waals surface area contributed by atoms with Crippen molar-refractivity contribution in [2.45, 2.75) is 38.8 Å². The van der Waals surface area contributed by atoms with E-state index < -0.39 is 0 Å². The molecule has 1 atom stereocenters. The number of hydrogen-bond acceptors (Lipinski definition) is 4. The van der Waals surface area contributed by atoms with E-state index in [1.54, 1.807) is 0 Å². The number of carbonyl (C=O) groups is 1. The van der Waals surface area contributed by atoms with Gasteiger partial charge in [0, 0.05) is 19.2 Å². The largest absolute Gasteiger partial charge is 0.349 e. The van der Waals surface area contributed by atoms with Crippen molar-refractivity contribution >= 4 is 5.91 Å². The van der Waals surface area contributed by atoms with Crippen molar-refractivity contribution in [2.24, 2.45) is 0 Å². The number of carbonyl (C=O) groups excluding carboxylic acids is 1. The molecule has 0 aliphatic carbocycles. The third-order valence-corrected chi connectivity index (χ3v) is 4.76. The molecule has 0 bridgehead atoms. The maximum Gasteiger partial charge on any atom is 0.271 e. The molecular formula is C20H26N4O2. The predicted molar refractivity (Wildman–Crippen MR) is 101 cm³/mol. The number of likely N-dealkylation sites (tertiary alicyclic amines) is 1. The van der Waals surface area contributed by atoms with E-state index in [0.29, 0.717) is 13.1 Å². The second kappa shape index (κ2) is 8.76. The SMILES string of the molecule is CCCn1nc(C(=O)NC[C@@H](c2ccccc2)N2CCCC2)ccc1=O. The molecule has 1 amide bonds. The van der Waals surface area contributed by atoms with Gasteiger partial charge in [-0.3, -0.25) is 14.5 Å². The van der Waals surface area contributed by atoms with E-state index in [4.69, 9.17) is 0 Å². The van der Waals surface area contributed by atoms with Crippen LogP contribution in [-0.4, -0.2) is 40.2 Å². The highest BCUT2D eigenvalue weighted by molar-refractivity contribution is 5.92. The summed E-state index contributed by atoms with van der Waals surface area (Å²) in [6.45, 7) is 5.11. The van der Waals surface area contributed by atoms with Crippen LogP contribution in [0.5, 0.6) is 0 Å². The van der Waals surface area contributed by atoms with Crippen LogP contribution < -0.4 is 10.9 Å². The Kier molecular flexibility index (Phi) is 6.17. The summed E-state index contributed by atoms with van der Waals surface area (Å²) in [5, 5.41) is 7.19. The average molecular weight is 354 g/mol. The van der Waals surface area contributed by atoms with Crippen LogP contribution >= 0.6 is 0 Å². The Morgan fingerprint density at radius 2 is 1.88 bits per heavy atom. The molecule has 1 saturated heterocycles. The Bertz CT molecular complexity index is 782. The summed E-state index contributed by atoms with van der Waals surface area (Å²) in [4.78, 5) is 26.7. The highest BCUT2D eigenvalue weighted by Crippen LogP contribution is 2.24. The molecule has 0 spiro atoms. The van der Waals surface area contributed by atoms with Gasteiger partial charge in [-0.1, -0.05) is 37.3 Å². The van der Waals surface area contributed by atoms with E-state index in [2.05, 4.69) is 27.4 Å². The predicted octanol–water partition coefficient (Wildman–Crippen LogP) is 2.22. The Labute approximate surface area is 153 Å². The second-order valence-corrected chi connectivity index (χ2v) is 6.66. The molecule has 1 fully saturated rings. The molecule has 0 saturated carbocycles. The lowest BCUT2D eigenvalue weighted by atomic mass is 10.1. The Balaban J connectivity index is 1.71. The number of amides is 1. The van der Waals surface area contributed by atoms with Crippen LogP contribution in [0.15, 0.2) is 47.3 Å². The molecule has 0 unspecified atom stereocenters. The highest BCUT2D eigenvalue weighted by Gasteiger charge is 2.24. The van der Waals surface area contributed by atoms with E-state index in [1.807, 2.05) is 25.1 Å². The van der Waals surface area contributed by atoms with Crippen molar-refractivity contribution in [2.75, 3.05) is 19.6 Å². The molecule has 1 aromatic heterocycles. The van der Waals surface area contributed by atoms with Crippen LogP contribution in [0.2, 0.25) is 0 Å². The van der Waals surface area contributed by atoms with E-state index in [-0.39, 0.29) is 23.2 Å². The fourth-order valence-corrected chi connectivity index (χ4v) is 3.41. The van der Waals surface area contributed by atoms with Crippen LogP contribution in [0.3, 0.4) is 0 Å². The minimum Gasteiger partial charge on any atom is -0.349 e. The van der Waals surface area contributed by atoms with Gasteiger partial charge in [0.1, 0.15) is 5.69 Å². The quantitative estimate of drug-likeness (QED) is 0.828. The zero-order valence-corrected chi connectivity index (χ0v) is 15.2. The van der Waals surface area contributed by atoms with Gasteiger partial charge in [-0.25, -0.2) is 4.68 Å². The number of aryl methyl sites for hydroxylation is 1. The molecule has 1 aliphatic heterocycles. The van der Waals surface area contributed by atoms with Gasteiger partial charge < -0.3 is 5.32 Å². The molecule has 2 heterocycles. The molecule has 3 rings (SSSR count). The summed E-state index contributed by atoms with van der Waals surface area (Å²) in [6.07, 6.45) is 3.19. The van der Waals surface area contributed by atoms with Gasteiger partial charge in [0.2, 0.25) is 0 Å². The summed E-state index contributed by atoms with van der Waals surface area (Å²) in [5.74, 6) is -0.241. The first-order chi connectivity index (χ1) is 12.7. The van der Waals surface area contributed by atoms with Gasteiger partial charge in [-0.05, 0) is 44.0 Å². The summed E-state index contributed by atoms with van der Waals surface area (Å²) in [6, 6.07) is 13.3. The maximum atomic E-state index is 12.6. The number of nitrogens with one attached hydrogen (secondary N) is 1. The van der Waals surface area contributed by atoms with Crippen molar-refractivity contribution in [3.05, 3.63) is 64.1 Å². The summed E-state index contributed by atoms with van der Waals surface area (Å²) in [7, 11) is 0. The van der Waals surface area contributed by atoms with Gasteiger partial charge >= 0.3 is 0 Å². The fraction of sp³-hybridized carbons (Fsp3) is 0.450. The first kappa shape index (κ1) is 18.3. The molecule has 1 aliphatic rings. The molecule has 1 aromatic carbocycles. The lowest BCUT2D eigenvalue weighted by Gasteiger charge is -2.28. The third kappa shape index (κ3) is 4.38. The number of benzene rings is 1. The minimum atomic E-state index is -0.241. The van der Waals surface area contributed by atoms with Gasteiger partial charge in [0.25, 0.3) is 11.5 Å². The van der Waals surface area contributed by atoms with E-state index in [0.717, 1.165) is 19.5 Å². The van der Waals surface area contributed by atoms with Crippen LogP contribution in [0.1, 0.15) is 48.3 Å². The molecule has 2 aromatic rings. The zero-order chi connectivity index (χ0) is 18.4. The lowest BCUT2D eigenvalue weighted by molar-refractivity contribution is 0.0930. The van der Waals surface area contributed by atoms with Crippen molar-refractivity contribution in [1.82, 2.24) is 20.0 Å². The minimum absolute atomic E-state index is 0.157. The van der Waals surface area contributed by atoms with Crippen LogP contribution in [0.25, 0.3) is 0 Å². The molecule has 26 heavy (non-hydrogen) atoms. The van der Waals surface area contributed by atoms with Crippen LogP contribution in [-0.2, 0) is 6.54 Å². The zero-order valence-electron chi connectivity index (χ0n) is 15.2. The Morgan fingerprint density at radius 3 is 2.58 bits per heavy atom. The highest BCUT2D eigenvalue weighted by atomic mass is 16.2. The monoisotopic (exact) mass is 354 g/mol. The van der Waals surface area contributed by atoms with Crippen LogP contribution in [0, 0.1) is 0 Å². The fourth-order valence-electron chi connectivity index (χ4n) is 3.41. The van der Waals surface area contributed by atoms with Gasteiger partial charge in [-0.2, -0.15) is 5.10 Å². The lowest BCUT2D eigenvalue weighted by Crippen LogP contribution is -2.37. The molecule has 138 valence electrons. The molecule has 0 radical (unpaired) electrons. The Hall–Kier alpha value is -2.47. The van der Waals surface area contributed by atoms with Crippen molar-refractivity contribution in [1.29, 1.82) is 0 Å². The van der Waals surface area contributed by atoms with Gasteiger partial charge in [0.15, 0.2) is 0 Å². The number of rotatable bonds is 7. The van der Waals surface area contributed by atoms with Crippen LogP contribution in [0.4, 0.5) is 0 Å². The third-order valence-electron chi connectivity index (χ3n) is 4.76. The smallest absolute Gasteiger partial charge is 0.271 e. The van der Waals surface area contributed by atoms with E-state index in [1.165, 1.54) is 35.2 Å². The van der Waals surface area contributed by atoms with Crippen molar-refractivity contribution < 1.29 is 4.79 Å². The first-order valence-corrected chi connectivity index (χ1v) is 9.34. The molecular weight excluding hydrogens is 328 g/mol. The number of aromatic nitrogens is 2. The molecule has 6 heteroatoms. The topological polar surface area (TPSA) is 67.2 Å². The van der Waals surface area contributed by atoms with Gasteiger partial charge in [0.05, 0.1) is 6.04 Å². The molecule has 6 nitrogen and oxygen atoms in total. The normalized spacial score (nSPS) is 15.7. The van der Waals surface area contributed by atoms with Gasteiger partial charge in [-0.15, -0.1) is 0 Å². The second-order valence-electron chi connectivity index (χ2n) is 6.66. The molecule has 1 N–H and O–H groups in total. The van der Waals surface area contributed by atoms with E-state index in [9.17, 15) is 9.59 Å². The number of hydrogen-bond donors (Lipinski definition) is 1. The standard InChI is InChI=1S/C20H26N4O2/c1-2-12-24-19(25)11-10-17(22-24)20(26)21-15-18(23-13-6-7-14-23)16-8-4-3-5-9-16/h3-5,8-11,18H,2,6-7,12-15H2,1H3,(H,21,26)/t18-/m0/s1. The summed E-state index contributed by atoms with van der Waals surface area (Å²) in [5.41, 5.74) is 1.31. The number of nitrogens with zero attached hydrogens (tertiary/aromatic N) is 3. The maximum absolute atomic E-state index is 12.6. The summed E-state index contributed by atoms with van der Waals surface area (Å²) >= 11 is 0. The Morgan fingerprint density at radius 1 is 1.15 bits per heavy atom. The van der Waals surface area contributed by atoms with Crippen molar-refractivity contribution in [3.63, 3.8) is 0 Å².